The fraction of sp³-hybridized carbons (Fsp3) is 0.368. The third-order valence-electron chi connectivity index (χ3n) is 4.82. The van der Waals surface area contributed by atoms with E-state index < -0.39 is 16.1 Å². The Balaban J connectivity index is 2.53. The molecule has 0 unspecified atom stereocenters. The second-order valence-electron chi connectivity index (χ2n) is 7.50. The predicted octanol–water partition coefficient (Wildman–Crippen LogP) is 6.03. The van der Waals surface area contributed by atoms with Gasteiger partial charge in [-0.3, -0.25) is 0 Å². The Kier molecular flexibility index (Phi) is 4.59. The summed E-state index contributed by atoms with van der Waals surface area (Å²) < 4.78 is 0. The number of benzene rings is 1. The van der Waals surface area contributed by atoms with Crippen molar-refractivity contribution >= 4 is 21.3 Å². The molecular weight excluding hydrogens is 284 g/mol. The van der Waals surface area contributed by atoms with Crippen molar-refractivity contribution in [2.45, 2.75) is 43.8 Å². The molecule has 0 heterocycles. The standard InChI is InChI=1S/C19H28Si2/c1-7-13-20(3,4)18-15-19(21(5,6)14-8-2)17-12-10-9-11-16(17)18/h7-12,15,18H,1-2,13-14H2,3-6H3/t18-/m1/s1. The molecule has 1 aliphatic rings. The van der Waals surface area contributed by atoms with Crippen LogP contribution in [0.25, 0.3) is 5.20 Å². The van der Waals surface area contributed by atoms with Gasteiger partial charge in [0.05, 0.1) is 16.1 Å². The average molecular weight is 313 g/mol. The van der Waals surface area contributed by atoms with E-state index in [4.69, 9.17) is 0 Å². The lowest BCUT2D eigenvalue weighted by Gasteiger charge is -2.28. The molecule has 112 valence electrons. The van der Waals surface area contributed by atoms with Crippen LogP contribution >= 0.6 is 0 Å². The number of rotatable bonds is 6. The molecule has 0 aliphatic heterocycles. The first-order valence-corrected chi connectivity index (χ1v) is 14.4. The van der Waals surface area contributed by atoms with Crippen LogP contribution in [0.3, 0.4) is 0 Å². The Morgan fingerprint density at radius 2 is 1.62 bits per heavy atom. The van der Waals surface area contributed by atoms with E-state index in [-0.39, 0.29) is 0 Å². The van der Waals surface area contributed by atoms with Gasteiger partial charge in [0, 0.05) is 0 Å². The molecule has 2 rings (SSSR count). The number of hydrogen-bond acceptors (Lipinski definition) is 0. The van der Waals surface area contributed by atoms with Crippen molar-refractivity contribution < 1.29 is 0 Å². The van der Waals surface area contributed by atoms with Gasteiger partial charge >= 0.3 is 0 Å². The predicted molar refractivity (Wildman–Crippen MR) is 102 cm³/mol. The van der Waals surface area contributed by atoms with Crippen molar-refractivity contribution in [1.82, 2.24) is 0 Å². The average Bonchev–Trinajstić information content (AvgIpc) is 2.79. The van der Waals surface area contributed by atoms with Crippen LogP contribution in [0.5, 0.6) is 0 Å². The van der Waals surface area contributed by atoms with Gasteiger partial charge in [0.2, 0.25) is 0 Å². The Labute approximate surface area is 132 Å². The summed E-state index contributed by atoms with van der Waals surface area (Å²) in [5, 5.41) is 1.65. The largest absolute Gasteiger partial charge is 0.103 e. The molecule has 0 bridgehead atoms. The molecule has 0 spiro atoms. The van der Waals surface area contributed by atoms with E-state index in [1.807, 2.05) is 0 Å². The van der Waals surface area contributed by atoms with E-state index in [9.17, 15) is 0 Å². The van der Waals surface area contributed by atoms with E-state index in [1.54, 1.807) is 10.8 Å². The summed E-state index contributed by atoms with van der Waals surface area (Å²) in [6.45, 7) is 17.9. The van der Waals surface area contributed by atoms with Crippen LogP contribution < -0.4 is 0 Å². The lowest BCUT2D eigenvalue weighted by Crippen LogP contribution is -2.32. The lowest BCUT2D eigenvalue weighted by atomic mass is 10.1. The SMILES string of the molecule is C=CC[Si](C)(C)C1=C[C@@H]([Si](C)(C)CC=C)c2ccccc21. The Hall–Kier alpha value is -1.13. The van der Waals surface area contributed by atoms with Gasteiger partial charge in [0.15, 0.2) is 0 Å². The van der Waals surface area contributed by atoms with Gasteiger partial charge in [-0.25, -0.2) is 0 Å². The summed E-state index contributed by atoms with van der Waals surface area (Å²) in [6, 6.07) is 11.4. The molecule has 21 heavy (non-hydrogen) atoms. The first-order chi connectivity index (χ1) is 9.83. The van der Waals surface area contributed by atoms with Crippen molar-refractivity contribution in [2.24, 2.45) is 0 Å². The van der Waals surface area contributed by atoms with Gasteiger partial charge in [-0.2, -0.15) is 0 Å². The first kappa shape index (κ1) is 16.2. The molecule has 1 aliphatic carbocycles. The Morgan fingerprint density at radius 1 is 1.00 bits per heavy atom. The molecule has 0 fully saturated rings. The zero-order valence-electron chi connectivity index (χ0n) is 13.9. The second kappa shape index (κ2) is 5.94. The topological polar surface area (TPSA) is 0 Å². The van der Waals surface area contributed by atoms with Gasteiger partial charge in [-0.15, -0.1) is 13.2 Å². The minimum absolute atomic E-state index is 0.637. The van der Waals surface area contributed by atoms with E-state index in [0.29, 0.717) is 5.54 Å². The summed E-state index contributed by atoms with van der Waals surface area (Å²) in [7, 11) is -2.79. The van der Waals surface area contributed by atoms with Gasteiger partial charge in [0.25, 0.3) is 0 Å². The molecule has 1 aromatic rings. The third kappa shape index (κ3) is 3.06. The third-order valence-corrected chi connectivity index (χ3v) is 11.5. The Morgan fingerprint density at radius 3 is 2.24 bits per heavy atom. The maximum Gasteiger partial charge on any atom is 0.0847 e. The summed E-state index contributed by atoms with van der Waals surface area (Å²) in [5.41, 5.74) is 3.72. The van der Waals surface area contributed by atoms with E-state index in [0.717, 1.165) is 6.04 Å². The summed E-state index contributed by atoms with van der Waals surface area (Å²) in [5.74, 6) is 0. The number of hydrogen-bond donors (Lipinski definition) is 0. The van der Waals surface area contributed by atoms with Crippen LogP contribution in [0.4, 0.5) is 0 Å². The van der Waals surface area contributed by atoms with E-state index >= 15 is 0 Å². The highest BCUT2D eigenvalue weighted by Gasteiger charge is 2.39. The van der Waals surface area contributed by atoms with Crippen LogP contribution in [-0.4, -0.2) is 16.1 Å². The van der Waals surface area contributed by atoms with Crippen LogP contribution in [0.1, 0.15) is 16.7 Å². The molecule has 2 heteroatoms. The molecule has 1 aromatic carbocycles. The zero-order chi connectivity index (χ0) is 15.7. The van der Waals surface area contributed by atoms with Crippen molar-refractivity contribution in [1.29, 1.82) is 0 Å². The molecule has 0 saturated heterocycles. The van der Waals surface area contributed by atoms with Crippen molar-refractivity contribution in [2.75, 3.05) is 0 Å². The van der Waals surface area contributed by atoms with Crippen LogP contribution in [0.2, 0.25) is 38.3 Å². The lowest BCUT2D eigenvalue weighted by molar-refractivity contribution is 1.14. The van der Waals surface area contributed by atoms with E-state index in [2.05, 4.69) is 81.8 Å². The van der Waals surface area contributed by atoms with Gasteiger partial charge in [0.1, 0.15) is 0 Å². The fourth-order valence-corrected chi connectivity index (χ4v) is 8.96. The summed E-state index contributed by atoms with van der Waals surface area (Å²) in [6.07, 6.45) is 6.85. The number of fused-ring (bicyclic) bond motifs is 1. The normalized spacial score (nSPS) is 18.1. The Bertz CT molecular complexity index is 579. The van der Waals surface area contributed by atoms with Gasteiger partial charge in [-0.05, 0) is 28.8 Å². The molecule has 1 atom stereocenters. The van der Waals surface area contributed by atoms with Crippen LogP contribution in [0, 0.1) is 0 Å². The molecule has 0 radical (unpaired) electrons. The molecule has 0 saturated carbocycles. The zero-order valence-corrected chi connectivity index (χ0v) is 15.9. The first-order valence-electron chi connectivity index (χ1n) is 7.87. The van der Waals surface area contributed by atoms with E-state index in [1.165, 1.54) is 11.6 Å². The highest BCUT2D eigenvalue weighted by Crippen LogP contribution is 2.46. The quantitative estimate of drug-likeness (QED) is 0.444. The van der Waals surface area contributed by atoms with Gasteiger partial charge < -0.3 is 0 Å². The maximum atomic E-state index is 3.98. The number of allylic oxidation sites excluding steroid dienone is 3. The minimum atomic E-state index is -1.43. The van der Waals surface area contributed by atoms with Crippen LogP contribution in [0.15, 0.2) is 55.7 Å². The smallest absolute Gasteiger partial charge is 0.0847 e. The molecule has 0 aromatic heterocycles. The summed E-state index contributed by atoms with van der Waals surface area (Å²) in [4.78, 5) is 0. The molecule has 0 amide bonds. The monoisotopic (exact) mass is 312 g/mol. The highest BCUT2D eigenvalue weighted by molar-refractivity contribution is 6.95. The molecule has 0 N–H and O–H groups in total. The van der Waals surface area contributed by atoms with Crippen molar-refractivity contribution in [3.05, 3.63) is 66.8 Å². The highest BCUT2D eigenvalue weighted by atomic mass is 28.3. The second-order valence-corrected chi connectivity index (χ2v) is 17.2. The maximum absolute atomic E-state index is 3.98. The van der Waals surface area contributed by atoms with Crippen molar-refractivity contribution in [3.63, 3.8) is 0 Å². The molecular formula is C19H28Si2. The van der Waals surface area contributed by atoms with Gasteiger partial charge in [-0.1, -0.05) is 73.9 Å². The van der Waals surface area contributed by atoms with Crippen LogP contribution in [-0.2, 0) is 0 Å². The van der Waals surface area contributed by atoms with Crippen molar-refractivity contribution in [3.8, 4) is 0 Å². The molecule has 0 nitrogen and oxygen atoms in total. The fourth-order valence-electron chi connectivity index (χ4n) is 3.57. The minimum Gasteiger partial charge on any atom is -0.103 e. The summed E-state index contributed by atoms with van der Waals surface area (Å²) >= 11 is 0.